The number of hydrogen-bond acceptors (Lipinski definition) is 2. The van der Waals surface area contributed by atoms with Crippen LogP contribution in [0.3, 0.4) is 0 Å². The van der Waals surface area contributed by atoms with Gasteiger partial charge in [0.25, 0.3) is 0 Å². The molecule has 20 heavy (non-hydrogen) atoms. The van der Waals surface area contributed by atoms with Crippen LogP contribution in [0.5, 0.6) is 0 Å². The minimum Gasteiger partial charge on any atom is -0.480 e. The summed E-state index contributed by atoms with van der Waals surface area (Å²) in [7, 11) is 0. The summed E-state index contributed by atoms with van der Waals surface area (Å²) >= 11 is 0. The molecule has 1 atom stereocenters. The average Bonchev–Trinajstić information content (AvgIpc) is 2.89. The number of nitrogens with zero attached hydrogens (tertiary/aromatic N) is 1. The quantitative estimate of drug-likeness (QED) is 0.836. The van der Waals surface area contributed by atoms with Crippen molar-refractivity contribution in [2.45, 2.75) is 70.4 Å². The normalized spacial score (nSPS) is 25.8. The van der Waals surface area contributed by atoms with Crippen LogP contribution in [0.4, 0.5) is 4.79 Å². The first kappa shape index (κ1) is 15.1. The Morgan fingerprint density at radius 3 is 2.40 bits per heavy atom. The molecular weight excluding hydrogens is 256 g/mol. The second-order valence-electron chi connectivity index (χ2n) is 6.53. The zero-order chi connectivity index (χ0) is 14.8. The van der Waals surface area contributed by atoms with E-state index in [1.807, 2.05) is 4.90 Å². The van der Waals surface area contributed by atoms with Crippen LogP contribution >= 0.6 is 0 Å². The van der Waals surface area contributed by atoms with Crippen LogP contribution < -0.4 is 5.32 Å². The van der Waals surface area contributed by atoms with Gasteiger partial charge in [0.1, 0.15) is 5.54 Å². The highest BCUT2D eigenvalue weighted by Gasteiger charge is 2.43. The van der Waals surface area contributed by atoms with Gasteiger partial charge < -0.3 is 15.3 Å². The Balaban J connectivity index is 2.07. The molecule has 0 bridgehead atoms. The minimum atomic E-state index is -1.04. The summed E-state index contributed by atoms with van der Waals surface area (Å²) in [6.07, 6.45) is 5.94. The Morgan fingerprint density at radius 1 is 1.20 bits per heavy atom. The molecule has 0 aromatic heterocycles. The lowest BCUT2D eigenvalue weighted by molar-refractivity contribution is -0.146. The average molecular weight is 282 g/mol. The van der Waals surface area contributed by atoms with Crippen LogP contribution in [-0.2, 0) is 4.79 Å². The molecule has 2 aliphatic rings. The van der Waals surface area contributed by atoms with Crippen LogP contribution in [0.2, 0.25) is 0 Å². The number of carbonyl (C=O) groups is 2. The van der Waals surface area contributed by atoms with E-state index in [1.54, 1.807) is 0 Å². The maximum absolute atomic E-state index is 12.5. The molecule has 2 rings (SSSR count). The molecule has 0 aromatic rings. The number of hydrogen-bond donors (Lipinski definition) is 2. The molecule has 1 aliphatic carbocycles. The second kappa shape index (κ2) is 6.02. The largest absolute Gasteiger partial charge is 0.480 e. The Morgan fingerprint density at radius 2 is 1.85 bits per heavy atom. The van der Waals surface area contributed by atoms with E-state index in [9.17, 15) is 14.7 Å². The van der Waals surface area contributed by atoms with Crippen molar-refractivity contribution >= 4 is 12.0 Å². The number of aliphatic carboxylic acids is 1. The molecule has 2 N–H and O–H groups in total. The first-order chi connectivity index (χ1) is 9.46. The van der Waals surface area contributed by atoms with Gasteiger partial charge in [-0.25, -0.2) is 9.59 Å². The maximum atomic E-state index is 12.5. The van der Waals surface area contributed by atoms with Crippen molar-refractivity contribution in [3.05, 3.63) is 0 Å². The first-order valence-corrected chi connectivity index (χ1v) is 7.78. The summed E-state index contributed by atoms with van der Waals surface area (Å²) in [5, 5.41) is 12.4. The molecule has 0 radical (unpaired) electrons. The number of urea groups is 1. The van der Waals surface area contributed by atoms with Gasteiger partial charge in [0.05, 0.1) is 0 Å². The summed E-state index contributed by atoms with van der Waals surface area (Å²) in [6, 6.07) is 0.0509. The lowest BCUT2D eigenvalue weighted by Gasteiger charge is -2.37. The third kappa shape index (κ3) is 2.91. The van der Waals surface area contributed by atoms with Crippen molar-refractivity contribution in [1.82, 2.24) is 10.2 Å². The number of carboxylic acids is 1. The van der Waals surface area contributed by atoms with Crippen LogP contribution in [0, 0.1) is 5.92 Å². The van der Waals surface area contributed by atoms with E-state index in [0.29, 0.717) is 18.8 Å². The van der Waals surface area contributed by atoms with Crippen molar-refractivity contribution in [3.63, 3.8) is 0 Å². The molecule has 5 nitrogen and oxygen atoms in total. The summed E-state index contributed by atoms with van der Waals surface area (Å²) in [5.41, 5.74) is -1.04. The molecule has 2 amide bonds. The number of carbonyl (C=O) groups excluding carboxylic acids is 1. The van der Waals surface area contributed by atoms with E-state index in [2.05, 4.69) is 19.2 Å². The third-order valence-electron chi connectivity index (χ3n) is 4.79. The molecule has 1 saturated carbocycles. The lowest BCUT2D eigenvalue weighted by atomic mass is 9.82. The fraction of sp³-hybridized carbons (Fsp3) is 0.867. The van der Waals surface area contributed by atoms with Gasteiger partial charge in [0, 0.05) is 12.6 Å². The van der Waals surface area contributed by atoms with Gasteiger partial charge in [-0.05, 0) is 31.6 Å². The van der Waals surface area contributed by atoms with Crippen molar-refractivity contribution in [2.24, 2.45) is 5.92 Å². The zero-order valence-electron chi connectivity index (χ0n) is 12.5. The smallest absolute Gasteiger partial charge is 0.329 e. The highest BCUT2D eigenvalue weighted by molar-refractivity contribution is 5.86. The summed E-state index contributed by atoms with van der Waals surface area (Å²) in [4.78, 5) is 25.9. The Hall–Kier alpha value is -1.26. The molecule has 1 aliphatic heterocycles. The zero-order valence-corrected chi connectivity index (χ0v) is 12.5. The molecule has 114 valence electrons. The van der Waals surface area contributed by atoms with Gasteiger partial charge in [-0.1, -0.05) is 33.1 Å². The third-order valence-corrected chi connectivity index (χ3v) is 4.79. The van der Waals surface area contributed by atoms with E-state index in [0.717, 1.165) is 38.6 Å². The van der Waals surface area contributed by atoms with E-state index < -0.39 is 11.5 Å². The van der Waals surface area contributed by atoms with E-state index in [4.69, 9.17) is 0 Å². The Bertz CT molecular complexity index is 375. The van der Waals surface area contributed by atoms with Crippen molar-refractivity contribution in [1.29, 1.82) is 0 Å². The molecule has 1 saturated heterocycles. The number of amides is 2. The van der Waals surface area contributed by atoms with E-state index in [-0.39, 0.29) is 12.1 Å². The SMILES string of the molecule is CC(C)C1CCCN1C(=O)NC1(C(=O)O)CCCCC1. The molecule has 5 heteroatoms. The standard InChI is InChI=1S/C15H26N2O3/c1-11(2)12-7-6-10-17(12)14(20)16-15(13(18)19)8-4-3-5-9-15/h11-12H,3-10H2,1-2H3,(H,16,20)(H,18,19). The fourth-order valence-electron chi connectivity index (χ4n) is 3.56. The molecule has 1 heterocycles. The van der Waals surface area contributed by atoms with Gasteiger partial charge in [0.15, 0.2) is 0 Å². The van der Waals surface area contributed by atoms with Crippen LogP contribution in [-0.4, -0.2) is 40.1 Å². The van der Waals surface area contributed by atoms with Crippen molar-refractivity contribution in [2.75, 3.05) is 6.54 Å². The first-order valence-electron chi connectivity index (χ1n) is 7.78. The van der Waals surface area contributed by atoms with Crippen LogP contribution in [0.15, 0.2) is 0 Å². The molecule has 0 aromatic carbocycles. The number of nitrogens with one attached hydrogen (secondary N) is 1. The predicted molar refractivity (Wildman–Crippen MR) is 76.5 cm³/mol. The molecule has 2 fully saturated rings. The van der Waals surface area contributed by atoms with Gasteiger partial charge in [0.2, 0.25) is 0 Å². The monoisotopic (exact) mass is 282 g/mol. The molecule has 0 spiro atoms. The Labute approximate surface area is 120 Å². The van der Waals surface area contributed by atoms with Crippen LogP contribution in [0.25, 0.3) is 0 Å². The molecular formula is C15H26N2O3. The summed E-state index contributed by atoms with van der Waals surface area (Å²) in [5.74, 6) is -0.471. The van der Waals surface area contributed by atoms with E-state index >= 15 is 0 Å². The lowest BCUT2D eigenvalue weighted by Crippen LogP contribution is -2.59. The van der Waals surface area contributed by atoms with Gasteiger partial charge in [-0.15, -0.1) is 0 Å². The summed E-state index contributed by atoms with van der Waals surface area (Å²) in [6.45, 7) is 4.97. The Kier molecular flexibility index (Phi) is 4.55. The number of rotatable bonds is 3. The summed E-state index contributed by atoms with van der Waals surface area (Å²) < 4.78 is 0. The number of carboxylic acid groups (broad SMARTS) is 1. The molecule has 1 unspecified atom stereocenters. The van der Waals surface area contributed by atoms with Gasteiger partial charge >= 0.3 is 12.0 Å². The van der Waals surface area contributed by atoms with Crippen LogP contribution in [0.1, 0.15) is 58.8 Å². The van der Waals surface area contributed by atoms with Gasteiger partial charge in [-0.2, -0.15) is 0 Å². The fourth-order valence-corrected chi connectivity index (χ4v) is 3.56. The second-order valence-corrected chi connectivity index (χ2v) is 6.53. The maximum Gasteiger partial charge on any atom is 0.329 e. The van der Waals surface area contributed by atoms with Gasteiger partial charge in [-0.3, -0.25) is 0 Å². The predicted octanol–water partition coefficient (Wildman–Crippen LogP) is 2.60. The van der Waals surface area contributed by atoms with Crippen molar-refractivity contribution in [3.8, 4) is 0 Å². The topological polar surface area (TPSA) is 69.6 Å². The minimum absolute atomic E-state index is 0.189. The number of likely N-dealkylation sites (tertiary alicyclic amines) is 1. The van der Waals surface area contributed by atoms with Crippen molar-refractivity contribution < 1.29 is 14.7 Å². The van der Waals surface area contributed by atoms with E-state index in [1.165, 1.54) is 0 Å². The highest BCUT2D eigenvalue weighted by Crippen LogP contribution is 2.30. The highest BCUT2D eigenvalue weighted by atomic mass is 16.4.